The summed E-state index contributed by atoms with van der Waals surface area (Å²) in [6, 6.07) is 11.5. The third-order valence-electron chi connectivity index (χ3n) is 2.70. The normalized spacial score (nSPS) is 11.2. The predicted octanol–water partition coefficient (Wildman–Crippen LogP) is 3.57. The second-order valence-corrected chi connectivity index (χ2v) is 7.17. The van der Waals surface area contributed by atoms with Gasteiger partial charge in [-0.25, -0.2) is 12.8 Å². The molecule has 0 heterocycles. The molecule has 2 rings (SSSR count). The molecule has 0 radical (unpaired) electrons. The summed E-state index contributed by atoms with van der Waals surface area (Å²) in [7, 11) is -3.37. The van der Waals surface area contributed by atoms with Crippen LogP contribution in [0.15, 0.2) is 46.9 Å². The van der Waals surface area contributed by atoms with Crippen molar-refractivity contribution in [3.8, 4) is 0 Å². The van der Waals surface area contributed by atoms with Gasteiger partial charge in [0, 0.05) is 16.6 Å². The molecule has 0 aliphatic carbocycles. The summed E-state index contributed by atoms with van der Waals surface area (Å²) >= 11 is 3.29. The van der Waals surface area contributed by atoms with E-state index >= 15 is 0 Å². The molecule has 0 unspecified atom stereocenters. The zero-order valence-corrected chi connectivity index (χ0v) is 13.6. The van der Waals surface area contributed by atoms with Crippen LogP contribution in [0.4, 0.5) is 15.8 Å². The van der Waals surface area contributed by atoms with Crippen LogP contribution >= 0.6 is 15.9 Å². The molecule has 2 aromatic carbocycles. The Hall–Kier alpha value is -1.60. The smallest absolute Gasteiger partial charge is 0.229 e. The minimum absolute atomic E-state index is 0.244. The lowest BCUT2D eigenvalue weighted by Gasteiger charge is -2.13. The van der Waals surface area contributed by atoms with E-state index in [-0.39, 0.29) is 12.4 Å². The molecule has 21 heavy (non-hydrogen) atoms. The van der Waals surface area contributed by atoms with E-state index in [1.54, 1.807) is 36.4 Å². The standard InChI is InChI=1S/C14H14BrFN2O2S/c1-21(19,20)18-14-5-3-2-4-13(14)17-9-10-8-11(15)6-7-12(10)16/h2-8,17-18H,9H2,1H3. The Morgan fingerprint density at radius 1 is 1.14 bits per heavy atom. The Bertz CT molecular complexity index is 750. The number of rotatable bonds is 5. The topological polar surface area (TPSA) is 58.2 Å². The van der Waals surface area contributed by atoms with Gasteiger partial charge in [-0.1, -0.05) is 28.1 Å². The molecule has 0 aromatic heterocycles. The molecule has 0 aliphatic rings. The first-order valence-electron chi connectivity index (χ1n) is 6.10. The van der Waals surface area contributed by atoms with Crippen LogP contribution in [0.1, 0.15) is 5.56 Å². The molecular weight excluding hydrogens is 359 g/mol. The van der Waals surface area contributed by atoms with Gasteiger partial charge in [0.2, 0.25) is 10.0 Å². The Morgan fingerprint density at radius 3 is 2.48 bits per heavy atom. The van der Waals surface area contributed by atoms with Crippen molar-refractivity contribution in [1.29, 1.82) is 0 Å². The first kappa shape index (κ1) is 15.8. The molecule has 0 atom stereocenters. The third kappa shape index (κ3) is 4.71. The van der Waals surface area contributed by atoms with E-state index < -0.39 is 10.0 Å². The summed E-state index contributed by atoms with van der Waals surface area (Å²) < 4.78 is 39.5. The second-order valence-electron chi connectivity index (χ2n) is 4.51. The molecule has 0 saturated carbocycles. The quantitative estimate of drug-likeness (QED) is 0.843. The number of anilines is 2. The van der Waals surface area contributed by atoms with Crippen molar-refractivity contribution in [3.05, 3.63) is 58.3 Å². The maximum atomic E-state index is 13.7. The van der Waals surface area contributed by atoms with Gasteiger partial charge in [-0.05, 0) is 30.3 Å². The highest BCUT2D eigenvalue weighted by molar-refractivity contribution is 9.10. The Morgan fingerprint density at radius 2 is 1.81 bits per heavy atom. The van der Waals surface area contributed by atoms with Crippen LogP contribution in [0, 0.1) is 5.82 Å². The number of hydrogen-bond donors (Lipinski definition) is 2. The van der Waals surface area contributed by atoms with Gasteiger partial charge < -0.3 is 5.32 Å². The average Bonchev–Trinajstić information content (AvgIpc) is 2.39. The Balaban J connectivity index is 2.18. The number of halogens is 2. The first-order chi connectivity index (χ1) is 9.85. The summed E-state index contributed by atoms with van der Waals surface area (Å²) in [5.74, 6) is -0.320. The fourth-order valence-corrected chi connectivity index (χ4v) is 2.78. The SMILES string of the molecule is CS(=O)(=O)Nc1ccccc1NCc1cc(Br)ccc1F. The van der Waals surface area contributed by atoms with E-state index in [1.807, 2.05) is 0 Å². The highest BCUT2D eigenvalue weighted by atomic mass is 79.9. The summed E-state index contributed by atoms with van der Waals surface area (Å²) in [5, 5.41) is 3.03. The molecule has 7 heteroatoms. The largest absolute Gasteiger partial charge is 0.379 e. The zero-order chi connectivity index (χ0) is 15.5. The maximum absolute atomic E-state index is 13.7. The van der Waals surface area contributed by atoms with E-state index in [4.69, 9.17) is 0 Å². The molecule has 0 aliphatic heterocycles. The van der Waals surface area contributed by atoms with Crippen LogP contribution < -0.4 is 10.0 Å². The lowest BCUT2D eigenvalue weighted by Crippen LogP contribution is -2.12. The lowest BCUT2D eigenvalue weighted by atomic mass is 10.2. The van der Waals surface area contributed by atoms with Gasteiger partial charge in [0.25, 0.3) is 0 Å². The zero-order valence-electron chi connectivity index (χ0n) is 11.2. The Kier molecular flexibility index (Phi) is 4.84. The number of hydrogen-bond acceptors (Lipinski definition) is 3. The molecule has 4 nitrogen and oxygen atoms in total. The molecule has 0 bridgehead atoms. The van der Waals surface area contributed by atoms with Crippen molar-refractivity contribution in [1.82, 2.24) is 0 Å². The van der Waals surface area contributed by atoms with Gasteiger partial charge in [0.1, 0.15) is 5.82 Å². The van der Waals surface area contributed by atoms with E-state index in [1.165, 1.54) is 6.07 Å². The van der Waals surface area contributed by atoms with E-state index in [0.29, 0.717) is 16.9 Å². The number of sulfonamides is 1. The van der Waals surface area contributed by atoms with Crippen molar-refractivity contribution in [2.75, 3.05) is 16.3 Å². The Labute approximate surface area is 131 Å². The number of para-hydroxylation sites is 2. The van der Waals surface area contributed by atoms with E-state index in [0.717, 1.165) is 10.7 Å². The summed E-state index contributed by atoms with van der Waals surface area (Å²) in [5.41, 5.74) is 1.50. The highest BCUT2D eigenvalue weighted by Gasteiger charge is 2.08. The first-order valence-corrected chi connectivity index (χ1v) is 8.78. The van der Waals surface area contributed by atoms with Crippen LogP contribution in [0.25, 0.3) is 0 Å². The van der Waals surface area contributed by atoms with E-state index in [2.05, 4.69) is 26.0 Å². The van der Waals surface area contributed by atoms with Crippen LogP contribution in [0.2, 0.25) is 0 Å². The van der Waals surface area contributed by atoms with Crippen molar-refractivity contribution in [3.63, 3.8) is 0 Å². The van der Waals surface area contributed by atoms with Crippen LogP contribution in [-0.4, -0.2) is 14.7 Å². The summed E-state index contributed by atoms with van der Waals surface area (Å²) in [4.78, 5) is 0. The summed E-state index contributed by atoms with van der Waals surface area (Å²) in [6.45, 7) is 0.244. The van der Waals surface area contributed by atoms with Crippen molar-refractivity contribution in [2.45, 2.75) is 6.54 Å². The van der Waals surface area contributed by atoms with Crippen LogP contribution in [0.3, 0.4) is 0 Å². The van der Waals surface area contributed by atoms with Gasteiger partial charge in [-0.2, -0.15) is 0 Å². The molecule has 0 amide bonds. The predicted molar refractivity (Wildman–Crippen MR) is 86.3 cm³/mol. The van der Waals surface area contributed by atoms with Crippen molar-refractivity contribution >= 4 is 37.3 Å². The molecular formula is C14H14BrFN2O2S. The minimum Gasteiger partial charge on any atom is -0.379 e. The molecule has 0 fully saturated rings. The molecule has 2 N–H and O–H groups in total. The fourth-order valence-electron chi connectivity index (χ4n) is 1.80. The monoisotopic (exact) mass is 372 g/mol. The number of benzene rings is 2. The van der Waals surface area contributed by atoms with Gasteiger partial charge in [-0.15, -0.1) is 0 Å². The van der Waals surface area contributed by atoms with Crippen LogP contribution in [0.5, 0.6) is 0 Å². The van der Waals surface area contributed by atoms with Crippen molar-refractivity contribution in [2.24, 2.45) is 0 Å². The molecule has 0 saturated heterocycles. The lowest BCUT2D eigenvalue weighted by molar-refractivity contribution is 0.606. The van der Waals surface area contributed by atoms with Gasteiger partial charge in [0.05, 0.1) is 17.6 Å². The third-order valence-corrected chi connectivity index (χ3v) is 3.78. The van der Waals surface area contributed by atoms with Gasteiger partial charge in [-0.3, -0.25) is 4.72 Å². The average molecular weight is 373 g/mol. The molecule has 112 valence electrons. The fraction of sp³-hybridized carbons (Fsp3) is 0.143. The molecule has 2 aromatic rings. The molecule has 0 spiro atoms. The highest BCUT2D eigenvalue weighted by Crippen LogP contribution is 2.23. The number of nitrogens with one attached hydrogen (secondary N) is 2. The summed E-state index contributed by atoms with van der Waals surface area (Å²) in [6.07, 6.45) is 1.08. The maximum Gasteiger partial charge on any atom is 0.229 e. The van der Waals surface area contributed by atoms with Gasteiger partial charge >= 0.3 is 0 Å². The van der Waals surface area contributed by atoms with E-state index in [9.17, 15) is 12.8 Å². The minimum atomic E-state index is -3.37. The van der Waals surface area contributed by atoms with Gasteiger partial charge in [0.15, 0.2) is 0 Å². The van der Waals surface area contributed by atoms with Crippen LogP contribution in [-0.2, 0) is 16.6 Å². The second kappa shape index (κ2) is 6.44. The van der Waals surface area contributed by atoms with Crippen molar-refractivity contribution < 1.29 is 12.8 Å².